The number of nitrogens with zero attached hydrogens (tertiary/aromatic N) is 2. The van der Waals surface area contributed by atoms with Crippen LogP contribution in [0, 0.1) is 0 Å². The van der Waals surface area contributed by atoms with Gasteiger partial charge in [-0.1, -0.05) is 30.9 Å². The molecule has 28 heavy (non-hydrogen) atoms. The number of amides is 1. The van der Waals surface area contributed by atoms with Crippen molar-refractivity contribution in [2.24, 2.45) is 0 Å². The zero-order chi connectivity index (χ0) is 20.1. The van der Waals surface area contributed by atoms with Crippen LogP contribution >= 0.6 is 11.6 Å². The molecule has 3 rings (SSSR count). The third-order valence-electron chi connectivity index (χ3n) is 4.74. The number of halogens is 1. The zero-order valence-corrected chi connectivity index (χ0v) is 17.1. The van der Waals surface area contributed by atoms with E-state index < -0.39 is 22.7 Å². The van der Waals surface area contributed by atoms with Crippen LogP contribution in [-0.2, 0) is 11.2 Å². The van der Waals surface area contributed by atoms with Crippen LogP contribution in [0.2, 0.25) is 5.02 Å². The van der Waals surface area contributed by atoms with Gasteiger partial charge in [0.1, 0.15) is 0 Å². The van der Waals surface area contributed by atoms with E-state index in [0.29, 0.717) is 17.7 Å². The van der Waals surface area contributed by atoms with E-state index in [9.17, 15) is 14.5 Å². The average Bonchev–Trinajstić information content (AvgIpc) is 2.72. The monoisotopic (exact) mass is 423 g/mol. The number of aromatic nitrogens is 2. The van der Waals surface area contributed by atoms with Crippen LogP contribution in [0.5, 0.6) is 6.01 Å². The largest absolute Gasteiger partial charge is 0.605 e. The molecule has 150 valence electrons. The molecule has 2 aromatic rings. The zero-order valence-electron chi connectivity index (χ0n) is 15.5. The van der Waals surface area contributed by atoms with Crippen molar-refractivity contribution in [3.05, 3.63) is 41.0 Å². The summed E-state index contributed by atoms with van der Waals surface area (Å²) in [5.74, 6) is -0.414. The molecule has 1 aliphatic rings. The molecule has 1 heterocycles. The van der Waals surface area contributed by atoms with Crippen LogP contribution in [0.25, 0.3) is 0 Å². The summed E-state index contributed by atoms with van der Waals surface area (Å²) in [4.78, 5) is 21.0. The fraction of sp³-hybridized carbons (Fsp3) is 0.421. The van der Waals surface area contributed by atoms with E-state index in [0.717, 1.165) is 19.3 Å². The Kier molecular flexibility index (Phi) is 6.77. The molecule has 1 unspecified atom stereocenters. The van der Waals surface area contributed by atoms with Crippen LogP contribution in [0.1, 0.15) is 42.5 Å². The molecule has 1 aromatic carbocycles. The van der Waals surface area contributed by atoms with Crippen molar-refractivity contribution in [3.8, 4) is 6.01 Å². The number of benzene rings is 1. The first-order valence-electron chi connectivity index (χ1n) is 9.01. The molecule has 0 aliphatic heterocycles. The summed E-state index contributed by atoms with van der Waals surface area (Å²) < 4.78 is 17.8. The van der Waals surface area contributed by atoms with E-state index in [4.69, 9.17) is 16.3 Å². The second-order valence-electron chi connectivity index (χ2n) is 6.76. The van der Waals surface area contributed by atoms with Gasteiger partial charge < -0.3 is 19.7 Å². The fourth-order valence-electron chi connectivity index (χ4n) is 3.17. The van der Waals surface area contributed by atoms with Gasteiger partial charge in [0.2, 0.25) is 0 Å². The minimum atomic E-state index is -1.63. The standard InChI is InChI=1S/C19H22ClN3O4S/c1-27-18-21-10-7-16(23-18)28(26)13-5-6-15(20)14(11-13)17(24)22-12-19(25)8-3-2-4-9-19/h5-7,10-11,25H,2-4,8-9,12H2,1H3,(H,22,24). The predicted octanol–water partition coefficient (Wildman–Crippen LogP) is 2.73. The molecule has 2 N–H and O–H groups in total. The Morgan fingerprint density at radius 2 is 2.11 bits per heavy atom. The van der Waals surface area contributed by atoms with Crippen molar-refractivity contribution in [2.75, 3.05) is 13.7 Å². The molecule has 0 bridgehead atoms. The predicted molar refractivity (Wildman–Crippen MR) is 105 cm³/mol. The van der Waals surface area contributed by atoms with Gasteiger partial charge in [-0.15, -0.1) is 4.98 Å². The number of methoxy groups -OCH3 is 1. The Hall–Kier alpha value is -1.87. The van der Waals surface area contributed by atoms with Crippen LogP contribution in [0.4, 0.5) is 0 Å². The number of carbonyl (C=O) groups excluding carboxylic acids is 1. The maximum atomic E-state index is 12.8. The Labute approximate surface area is 171 Å². The van der Waals surface area contributed by atoms with Crippen LogP contribution < -0.4 is 10.1 Å². The molecule has 1 aliphatic carbocycles. The SMILES string of the molecule is COc1nccc([S+]([O-])c2ccc(Cl)c(C(=O)NCC3(O)CCCCC3)c2)n1. The lowest BCUT2D eigenvalue weighted by atomic mass is 9.85. The molecule has 1 atom stereocenters. The lowest BCUT2D eigenvalue weighted by Gasteiger charge is -2.32. The molecule has 0 radical (unpaired) electrons. The first-order chi connectivity index (χ1) is 13.4. The second-order valence-corrected chi connectivity index (χ2v) is 8.59. The summed E-state index contributed by atoms with van der Waals surface area (Å²) in [5.41, 5.74) is -0.675. The number of ether oxygens (including phenoxy) is 1. The van der Waals surface area contributed by atoms with E-state index in [2.05, 4.69) is 15.3 Å². The molecule has 1 aromatic heterocycles. The summed E-state index contributed by atoms with van der Waals surface area (Å²) in [7, 11) is 1.42. The second kappa shape index (κ2) is 9.09. The van der Waals surface area contributed by atoms with E-state index in [1.54, 1.807) is 6.07 Å². The summed E-state index contributed by atoms with van der Waals surface area (Å²) in [5, 5.41) is 13.8. The summed E-state index contributed by atoms with van der Waals surface area (Å²) >= 11 is 4.55. The molecular weight excluding hydrogens is 402 g/mol. The molecule has 0 spiro atoms. The van der Waals surface area contributed by atoms with Crippen molar-refractivity contribution < 1.29 is 19.2 Å². The van der Waals surface area contributed by atoms with Crippen molar-refractivity contribution in [3.63, 3.8) is 0 Å². The highest BCUT2D eigenvalue weighted by atomic mass is 35.5. The summed E-state index contributed by atoms with van der Waals surface area (Å²) in [6, 6.07) is 6.22. The molecular formula is C19H22ClN3O4S. The number of aliphatic hydroxyl groups is 1. The summed E-state index contributed by atoms with van der Waals surface area (Å²) in [6.07, 6.45) is 5.78. The number of rotatable bonds is 6. The molecule has 7 nitrogen and oxygen atoms in total. The minimum absolute atomic E-state index is 0.110. The van der Waals surface area contributed by atoms with Gasteiger partial charge in [0.05, 0.1) is 23.3 Å². The maximum Gasteiger partial charge on any atom is 0.320 e. The highest BCUT2D eigenvalue weighted by molar-refractivity contribution is 7.91. The third kappa shape index (κ3) is 4.94. The van der Waals surface area contributed by atoms with Crippen LogP contribution in [-0.4, -0.2) is 44.8 Å². The van der Waals surface area contributed by atoms with Crippen molar-refractivity contribution in [2.45, 2.75) is 47.6 Å². The lowest BCUT2D eigenvalue weighted by Crippen LogP contribution is -2.44. The number of carbonyl (C=O) groups is 1. The molecule has 1 saturated carbocycles. The molecule has 1 fully saturated rings. The van der Waals surface area contributed by atoms with Crippen LogP contribution in [0.15, 0.2) is 40.4 Å². The third-order valence-corrected chi connectivity index (χ3v) is 6.36. The maximum absolute atomic E-state index is 12.8. The van der Waals surface area contributed by atoms with Gasteiger partial charge in [0.15, 0.2) is 4.90 Å². The Morgan fingerprint density at radius 1 is 1.36 bits per heavy atom. The number of nitrogens with one attached hydrogen (secondary N) is 1. The van der Waals surface area contributed by atoms with Gasteiger partial charge >= 0.3 is 6.01 Å². The summed E-state index contributed by atoms with van der Waals surface area (Å²) in [6.45, 7) is 0.165. The Bertz CT molecular complexity index is 846. The van der Waals surface area contributed by atoms with Gasteiger partial charge in [-0.2, -0.15) is 0 Å². The van der Waals surface area contributed by atoms with Crippen molar-refractivity contribution in [1.29, 1.82) is 0 Å². The van der Waals surface area contributed by atoms with E-state index >= 15 is 0 Å². The average molecular weight is 424 g/mol. The van der Waals surface area contributed by atoms with E-state index in [1.165, 1.54) is 31.5 Å². The van der Waals surface area contributed by atoms with Gasteiger partial charge in [0, 0.05) is 36.1 Å². The highest BCUT2D eigenvalue weighted by Gasteiger charge is 2.30. The van der Waals surface area contributed by atoms with Gasteiger partial charge in [-0.3, -0.25) is 4.79 Å². The number of hydrogen-bond donors (Lipinski definition) is 2. The highest BCUT2D eigenvalue weighted by Crippen LogP contribution is 2.28. The number of hydrogen-bond acceptors (Lipinski definition) is 6. The lowest BCUT2D eigenvalue weighted by molar-refractivity contribution is 0.00525. The quantitative estimate of drug-likeness (QED) is 0.546. The topological polar surface area (TPSA) is 107 Å². The van der Waals surface area contributed by atoms with Crippen LogP contribution in [0.3, 0.4) is 0 Å². The Balaban J connectivity index is 1.75. The van der Waals surface area contributed by atoms with Crippen molar-refractivity contribution in [1.82, 2.24) is 15.3 Å². The molecule has 9 heteroatoms. The smallest absolute Gasteiger partial charge is 0.320 e. The Morgan fingerprint density at radius 3 is 2.82 bits per heavy atom. The van der Waals surface area contributed by atoms with Gasteiger partial charge in [0.25, 0.3) is 10.9 Å². The minimum Gasteiger partial charge on any atom is -0.605 e. The van der Waals surface area contributed by atoms with E-state index in [1.807, 2.05) is 0 Å². The molecule has 0 saturated heterocycles. The molecule has 1 amide bonds. The van der Waals surface area contributed by atoms with E-state index in [-0.39, 0.29) is 28.2 Å². The fourth-order valence-corrected chi connectivity index (χ4v) is 4.37. The van der Waals surface area contributed by atoms with Gasteiger partial charge in [-0.05, 0) is 25.0 Å². The normalized spacial score (nSPS) is 17.0. The first-order valence-corrected chi connectivity index (χ1v) is 10.5. The van der Waals surface area contributed by atoms with Crippen molar-refractivity contribution >= 4 is 28.7 Å². The first kappa shape index (κ1) is 20.9. The van der Waals surface area contributed by atoms with Gasteiger partial charge in [-0.25, -0.2) is 4.98 Å².